The molecule has 0 bridgehead atoms. The highest BCUT2D eigenvalue weighted by Crippen LogP contribution is 2.42. The quantitative estimate of drug-likeness (QED) is 0.230. The van der Waals surface area contributed by atoms with Crippen molar-refractivity contribution in [2.24, 2.45) is 0 Å². The van der Waals surface area contributed by atoms with Gasteiger partial charge >= 0.3 is 0 Å². The van der Waals surface area contributed by atoms with E-state index in [0.29, 0.717) is 39.6 Å². The molecule has 0 radical (unpaired) electrons. The lowest BCUT2D eigenvalue weighted by Crippen LogP contribution is -2.48. The standard InChI is InChI=1S/C34H41N5O6/c1-22(39-27-17-11-10-16-26(27)36-37-39)34(41)38(21-23-13-9-12-18-28(23)42-2)31(33(40)35-25-14-7-6-8-15-25)24-19-29(43-3)32(45-5)30(20-24)44-4/h9-13,16-20,22,25,31H,6-8,14-15,21H2,1-5H3,(H,35,40)/t22-,31+/m0/s1. The molecule has 3 aromatic carbocycles. The highest BCUT2D eigenvalue weighted by Gasteiger charge is 2.37. The van der Waals surface area contributed by atoms with Gasteiger partial charge in [0.1, 0.15) is 23.3 Å². The second kappa shape index (κ2) is 14.3. The summed E-state index contributed by atoms with van der Waals surface area (Å²) >= 11 is 0. The zero-order chi connectivity index (χ0) is 31.9. The van der Waals surface area contributed by atoms with Crippen LogP contribution in [0.25, 0.3) is 11.0 Å². The Hall–Kier alpha value is -4.80. The van der Waals surface area contributed by atoms with Crippen molar-refractivity contribution < 1.29 is 28.5 Å². The average Bonchev–Trinajstić information content (AvgIpc) is 3.51. The maximum absolute atomic E-state index is 14.8. The van der Waals surface area contributed by atoms with E-state index < -0.39 is 12.1 Å². The summed E-state index contributed by atoms with van der Waals surface area (Å²) in [5, 5.41) is 11.9. The van der Waals surface area contributed by atoms with E-state index in [0.717, 1.165) is 37.7 Å². The number of para-hydroxylation sites is 2. The number of nitrogens with one attached hydrogen (secondary N) is 1. The van der Waals surface area contributed by atoms with Crippen molar-refractivity contribution in [1.82, 2.24) is 25.2 Å². The summed E-state index contributed by atoms with van der Waals surface area (Å²) in [6.45, 7) is 1.85. The fourth-order valence-corrected chi connectivity index (χ4v) is 6.09. The third-order valence-electron chi connectivity index (χ3n) is 8.43. The largest absolute Gasteiger partial charge is 0.496 e. The van der Waals surface area contributed by atoms with Gasteiger partial charge in [-0.25, -0.2) is 4.68 Å². The van der Waals surface area contributed by atoms with E-state index in [1.165, 1.54) is 21.3 Å². The van der Waals surface area contributed by atoms with Crippen molar-refractivity contribution in [3.63, 3.8) is 0 Å². The molecule has 11 nitrogen and oxygen atoms in total. The SMILES string of the molecule is COc1ccccc1CN(C(=O)[C@H](C)n1nnc2ccccc21)[C@@H](C(=O)NC1CCCCC1)c1cc(OC)c(OC)c(OC)c1. The summed E-state index contributed by atoms with van der Waals surface area (Å²) in [5.74, 6) is 1.12. The number of fused-ring (bicyclic) bond motifs is 1. The first-order valence-electron chi connectivity index (χ1n) is 15.2. The zero-order valence-electron chi connectivity index (χ0n) is 26.5. The lowest BCUT2D eigenvalue weighted by atomic mass is 9.94. The number of rotatable bonds is 12. The van der Waals surface area contributed by atoms with Gasteiger partial charge in [-0.05, 0) is 55.7 Å². The second-order valence-corrected chi connectivity index (χ2v) is 11.2. The fraction of sp³-hybridized carbons (Fsp3) is 0.412. The molecule has 1 aliphatic carbocycles. The molecule has 1 saturated carbocycles. The molecule has 238 valence electrons. The van der Waals surface area contributed by atoms with Gasteiger partial charge in [0.15, 0.2) is 11.5 Å². The van der Waals surface area contributed by atoms with Crippen LogP contribution in [0.4, 0.5) is 0 Å². The Morgan fingerprint density at radius 3 is 2.20 bits per heavy atom. The summed E-state index contributed by atoms with van der Waals surface area (Å²) in [5.41, 5.74) is 2.64. The molecular formula is C34H41N5O6. The topological polar surface area (TPSA) is 117 Å². The molecule has 5 rings (SSSR count). The molecular weight excluding hydrogens is 574 g/mol. The van der Waals surface area contributed by atoms with Gasteiger partial charge in [-0.2, -0.15) is 0 Å². The van der Waals surface area contributed by atoms with Gasteiger partial charge < -0.3 is 29.2 Å². The lowest BCUT2D eigenvalue weighted by Gasteiger charge is -2.35. The Balaban J connectivity index is 1.66. The molecule has 4 aromatic rings. The number of carbonyl (C=O) groups excluding carboxylic acids is 2. The van der Waals surface area contributed by atoms with E-state index in [1.54, 1.807) is 35.7 Å². The first-order chi connectivity index (χ1) is 21.9. The number of nitrogens with zero attached hydrogens (tertiary/aromatic N) is 4. The fourth-order valence-electron chi connectivity index (χ4n) is 6.09. The predicted molar refractivity (Wildman–Crippen MR) is 170 cm³/mol. The van der Waals surface area contributed by atoms with Crippen molar-refractivity contribution in [2.75, 3.05) is 28.4 Å². The van der Waals surface area contributed by atoms with E-state index >= 15 is 0 Å². The number of carbonyl (C=O) groups is 2. The Morgan fingerprint density at radius 1 is 0.889 bits per heavy atom. The smallest absolute Gasteiger partial charge is 0.248 e. The number of ether oxygens (including phenoxy) is 4. The number of methoxy groups -OCH3 is 4. The summed E-state index contributed by atoms with van der Waals surface area (Å²) in [7, 11) is 6.15. The van der Waals surface area contributed by atoms with Crippen molar-refractivity contribution in [1.29, 1.82) is 0 Å². The van der Waals surface area contributed by atoms with Crippen LogP contribution in [0.2, 0.25) is 0 Å². The average molecular weight is 616 g/mol. The van der Waals surface area contributed by atoms with E-state index in [9.17, 15) is 9.59 Å². The van der Waals surface area contributed by atoms with Crippen molar-refractivity contribution in [3.05, 3.63) is 71.8 Å². The lowest BCUT2D eigenvalue weighted by molar-refractivity contribution is -0.144. The minimum atomic E-state index is -1.06. The van der Waals surface area contributed by atoms with Crippen LogP contribution in [0.5, 0.6) is 23.0 Å². The molecule has 1 heterocycles. The first-order valence-corrected chi connectivity index (χ1v) is 15.2. The van der Waals surface area contributed by atoms with Gasteiger partial charge in [0.25, 0.3) is 0 Å². The maximum Gasteiger partial charge on any atom is 0.248 e. The number of benzene rings is 3. The van der Waals surface area contributed by atoms with Gasteiger partial charge in [0.2, 0.25) is 17.6 Å². The van der Waals surface area contributed by atoms with Gasteiger partial charge in [-0.1, -0.05) is 54.8 Å². The monoisotopic (exact) mass is 615 g/mol. The molecule has 0 spiro atoms. The van der Waals surface area contributed by atoms with Gasteiger partial charge in [0.05, 0.1) is 40.5 Å². The van der Waals surface area contributed by atoms with Crippen molar-refractivity contribution in [2.45, 2.75) is 63.7 Å². The van der Waals surface area contributed by atoms with E-state index in [-0.39, 0.29) is 24.4 Å². The van der Waals surface area contributed by atoms with E-state index in [2.05, 4.69) is 15.6 Å². The Morgan fingerprint density at radius 2 is 1.53 bits per heavy atom. The van der Waals surface area contributed by atoms with Gasteiger partial charge in [-0.15, -0.1) is 5.10 Å². The zero-order valence-corrected chi connectivity index (χ0v) is 26.5. The summed E-state index contributed by atoms with van der Waals surface area (Å²) in [6, 6.07) is 16.6. The van der Waals surface area contributed by atoms with Crippen LogP contribution in [0, 0.1) is 0 Å². The van der Waals surface area contributed by atoms with Crippen molar-refractivity contribution in [3.8, 4) is 23.0 Å². The minimum Gasteiger partial charge on any atom is -0.496 e. The Labute approximate surface area is 263 Å². The molecule has 1 N–H and O–H groups in total. The van der Waals surface area contributed by atoms with Crippen LogP contribution in [0.15, 0.2) is 60.7 Å². The molecule has 1 aromatic heterocycles. The highest BCUT2D eigenvalue weighted by molar-refractivity contribution is 5.91. The van der Waals surface area contributed by atoms with Gasteiger partial charge in [0, 0.05) is 11.6 Å². The number of amides is 2. The molecule has 0 aliphatic heterocycles. The number of hydrogen-bond donors (Lipinski definition) is 1. The third-order valence-corrected chi connectivity index (χ3v) is 8.43. The normalized spacial score (nSPS) is 14.8. The Bertz CT molecular complexity index is 1610. The molecule has 11 heteroatoms. The van der Waals surface area contributed by atoms with Crippen LogP contribution >= 0.6 is 0 Å². The first kappa shape index (κ1) is 31.6. The number of hydrogen-bond acceptors (Lipinski definition) is 8. The molecule has 2 atom stereocenters. The van der Waals surface area contributed by atoms with Crippen LogP contribution < -0.4 is 24.3 Å². The minimum absolute atomic E-state index is 0.00989. The summed E-state index contributed by atoms with van der Waals surface area (Å²) in [4.78, 5) is 30.8. The van der Waals surface area contributed by atoms with E-state index in [4.69, 9.17) is 18.9 Å². The Kier molecular flexibility index (Phi) is 10.1. The molecule has 1 aliphatic rings. The summed E-state index contributed by atoms with van der Waals surface area (Å²) in [6.07, 6.45) is 5.00. The molecule has 0 unspecified atom stereocenters. The molecule has 45 heavy (non-hydrogen) atoms. The van der Waals surface area contributed by atoms with Gasteiger partial charge in [-0.3, -0.25) is 9.59 Å². The number of aromatic nitrogens is 3. The van der Waals surface area contributed by atoms with Crippen LogP contribution in [-0.4, -0.2) is 66.2 Å². The van der Waals surface area contributed by atoms with Crippen LogP contribution in [0.1, 0.15) is 62.2 Å². The van der Waals surface area contributed by atoms with Crippen molar-refractivity contribution >= 4 is 22.8 Å². The van der Waals surface area contributed by atoms with Crippen LogP contribution in [0.3, 0.4) is 0 Å². The molecule has 1 fully saturated rings. The predicted octanol–water partition coefficient (Wildman–Crippen LogP) is 5.25. The summed E-state index contributed by atoms with van der Waals surface area (Å²) < 4.78 is 24.2. The molecule has 0 saturated heterocycles. The van der Waals surface area contributed by atoms with E-state index in [1.807, 2.05) is 48.5 Å². The maximum atomic E-state index is 14.8. The second-order valence-electron chi connectivity index (χ2n) is 11.2. The third kappa shape index (κ3) is 6.67. The van der Waals surface area contributed by atoms with Crippen LogP contribution in [-0.2, 0) is 16.1 Å². The molecule has 2 amide bonds. The highest BCUT2D eigenvalue weighted by atomic mass is 16.5.